The number of rotatable bonds is 2. The number of amides is 2. The molecule has 1 aromatic carbocycles. The maximum absolute atomic E-state index is 12.3. The van der Waals surface area contributed by atoms with Gasteiger partial charge in [-0.05, 0) is 17.9 Å². The van der Waals surface area contributed by atoms with Crippen LogP contribution >= 0.6 is 0 Å². The fraction of sp³-hybridized carbons (Fsp3) is 0.529. The molecule has 1 atom stereocenters. The third kappa shape index (κ3) is 4.87. The van der Waals surface area contributed by atoms with E-state index in [9.17, 15) is 22.8 Å². The molecular weight excluding hydrogens is 337 g/mol. The third-order valence-electron chi connectivity index (χ3n) is 3.93. The molecule has 0 saturated carbocycles. The second-order valence-electron chi connectivity index (χ2n) is 7.02. The number of nitrogens with zero attached hydrogens (tertiary/aromatic N) is 1. The van der Waals surface area contributed by atoms with Crippen LogP contribution in [0, 0.1) is 0 Å². The van der Waals surface area contributed by atoms with Crippen molar-refractivity contribution in [2.24, 2.45) is 0 Å². The number of likely N-dealkylation sites (tertiary alicyclic amines) is 1. The van der Waals surface area contributed by atoms with Gasteiger partial charge in [-0.2, -0.15) is 13.2 Å². The Hall–Kier alpha value is -2.25. The molecule has 0 spiro atoms. The van der Waals surface area contributed by atoms with E-state index in [1.165, 1.54) is 4.90 Å². The molecule has 1 aliphatic rings. The Morgan fingerprint density at radius 3 is 2.44 bits per heavy atom. The van der Waals surface area contributed by atoms with E-state index in [-0.39, 0.29) is 24.9 Å². The van der Waals surface area contributed by atoms with Crippen molar-refractivity contribution < 1.29 is 27.5 Å². The molecule has 8 heteroatoms. The first kappa shape index (κ1) is 19.1. The average Bonchev–Trinajstić information content (AvgIpc) is 2.94. The Kier molecular flexibility index (Phi) is 5.29. The first-order valence-corrected chi connectivity index (χ1v) is 7.92. The summed E-state index contributed by atoms with van der Waals surface area (Å²) >= 11 is 0. The number of carbonyl (C=O) groups is 2. The maximum Gasteiger partial charge on any atom is 0.471 e. The molecule has 2 amide bonds. The second-order valence-corrected chi connectivity index (χ2v) is 7.02. The van der Waals surface area contributed by atoms with E-state index in [1.54, 1.807) is 12.1 Å². The normalized spacial score (nSPS) is 18.2. The number of hydrogen-bond donors (Lipinski definition) is 1. The van der Waals surface area contributed by atoms with E-state index >= 15 is 0 Å². The van der Waals surface area contributed by atoms with Crippen LogP contribution in [0.2, 0.25) is 0 Å². The smallest absolute Gasteiger partial charge is 0.410 e. The van der Waals surface area contributed by atoms with Gasteiger partial charge in [0.1, 0.15) is 5.75 Å². The molecule has 1 aromatic rings. The summed E-state index contributed by atoms with van der Waals surface area (Å²) in [5, 5.41) is 1.89. The number of carbonyl (C=O) groups excluding carboxylic acids is 2. The number of benzene rings is 1. The van der Waals surface area contributed by atoms with Crippen molar-refractivity contribution in [3.63, 3.8) is 0 Å². The molecule has 0 bridgehead atoms. The van der Waals surface area contributed by atoms with Crippen LogP contribution in [0.25, 0.3) is 0 Å². The average molecular weight is 358 g/mol. The minimum absolute atomic E-state index is 0.0155. The van der Waals surface area contributed by atoms with Gasteiger partial charge >= 0.3 is 18.2 Å². The highest BCUT2D eigenvalue weighted by molar-refractivity contribution is 5.82. The highest BCUT2D eigenvalue weighted by Crippen LogP contribution is 2.31. The Balaban J connectivity index is 1.99. The van der Waals surface area contributed by atoms with Gasteiger partial charge in [0.15, 0.2) is 0 Å². The van der Waals surface area contributed by atoms with Gasteiger partial charge in [-0.3, -0.25) is 4.79 Å². The van der Waals surface area contributed by atoms with Crippen LogP contribution in [0.1, 0.15) is 32.8 Å². The van der Waals surface area contributed by atoms with Crippen LogP contribution in [0.5, 0.6) is 5.75 Å². The zero-order chi connectivity index (χ0) is 18.8. The van der Waals surface area contributed by atoms with E-state index in [0.29, 0.717) is 5.75 Å². The van der Waals surface area contributed by atoms with Crippen molar-refractivity contribution in [3.05, 3.63) is 29.8 Å². The van der Waals surface area contributed by atoms with Gasteiger partial charge in [0.25, 0.3) is 0 Å². The van der Waals surface area contributed by atoms with Crippen LogP contribution in [0.15, 0.2) is 24.3 Å². The molecule has 1 heterocycles. The molecule has 1 unspecified atom stereocenters. The summed E-state index contributed by atoms with van der Waals surface area (Å²) in [4.78, 5) is 24.6. The number of ether oxygens (including phenoxy) is 1. The summed E-state index contributed by atoms with van der Waals surface area (Å²) in [6.07, 6.45) is -5.32. The first-order valence-electron chi connectivity index (χ1n) is 7.92. The van der Waals surface area contributed by atoms with Gasteiger partial charge in [0.05, 0.1) is 0 Å². The number of alkyl halides is 3. The lowest BCUT2D eigenvalue weighted by Crippen LogP contribution is -2.45. The minimum Gasteiger partial charge on any atom is -0.410 e. The van der Waals surface area contributed by atoms with Gasteiger partial charge < -0.3 is 15.0 Å². The summed E-state index contributed by atoms with van der Waals surface area (Å²) in [6, 6.07) is 6.39. The highest BCUT2D eigenvalue weighted by atomic mass is 19.4. The summed E-state index contributed by atoms with van der Waals surface area (Å²) in [6.45, 7) is 6.16. The SMILES string of the molecule is CC(C)(C)c1ccccc1OC(=O)N1CCC(NC(=O)C(F)(F)F)C1. The van der Waals surface area contributed by atoms with Crippen molar-refractivity contribution in [2.75, 3.05) is 13.1 Å². The van der Waals surface area contributed by atoms with Gasteiger partial charge in [-0.15, -0.1) is 0 Å². The lowest BCUT2D eigenvalue weighted by Gasteiger charge is -2.23. The largest absolute Gasteiger partial charge is 0.471 e. The predicted octanol–water partition coefficient (Wildman–Crippen LogP) is 3.24. The molecule has 0 radical (unpaired) electrons. The summed E-state index contributed by atoms with van der Waals surface area (Å²) < 4.78 is 42.3. The molecule has 2 rings (SSSR count). The van der Waals surface area contributed by atoms with Gasteiger partial charge in [-0.25, -0.2) is 4.79 Å². The van der Waals surface area contributed by atoms with Gasteiger partial charge in [0, 0.05) is 24.7 Å². The van der Waals surface area contributed by atoms with Crippen molar-refractivity contribution in [1.82, 2.24) is 10.2 Å². The number of nitrogens with one attached hydrogen (secondary N) is 1. The van der Waals surface area contributed by atoms with E-state index in [4.69, 9.17) is 4.74 Å². The Morgan fingerprint density at radius 1 is 1.20 bits per heavy atom. The molecule has 138 valence electrons. The zero-order valence-electron chi connectivity index (χ0n) is 14.3. The number of halogens is 3. The zero-order valence-corrected chi connectivity index (χ0v) is 14.3. The van der Waals surface area contributed by atoms with Crippen molar-refractivity contribution in [3.8, 4) is 5.75 Å². The second kappa shape index (κ2) is 6.93. The lowest BCUT2D eigenvalue weighted by atomic mass is 9.86. The fourth-order valence-electron chi connectivity index (χ4n) is 2.64. The summed E-state index contributed by atoms with van der Waals surface area (Å²) in [5.41, 5.74) is 0.620. The van der Waals surface area contributed by atoms with Crippen LogP contribution in [0.3, 0.4) is 0 Å². The number of hydrogen-bond acceptors (Lipinski definition) is 3. The molecule has 5 nitrogen and oxygen atoms in total. The van der Waals surface area contributed by atoms with Crippen LogP contribution in [-0.2, 0) is 10.2 Å². The number of para-hydroxylation sites is 1. The highest BCUT2D eigenvalue weighted by Gasteiger charge is 2.41. The molecular formula is C17H21F3N2O3. The first-order chi connectivity index (χ1) is 11.5. The van der Waals surface area contributed by atoms with E-state index in [0.717, 1.165) is 5.56 Å². The Bertz CT molecular complexity index is 653. The molecule has 0 aromatic heterocycles. The summed E-state index contributed by atoms with van der Waals surface area (Å²) in [5.74, 6) is -1.58. The van der Waals surface area contributed by atoms with E-state index in [1.807, 2.05) is 38.2 Å². The van der Waals surface area contributed by atoms with Gasteiger partial charge in [0.2, 0.25) is 0 Å². The van der Waals surface area contributed by atoms with Crippen molar-refractivity contribution in [2.45, 2.75) is 44.8 Å². The van der Waals surface area contributed by atoms with E-state index < -0.39 is 24.2 Å². The predicted molar refractivity (Wildman–Crippen MR) is 85.3 cm³/mol. The quantitative estimate of drug-likeness (QED) is 0.883. The van der Waals surface area contributed by atoms with Gasteiger partial charge in [-0.1, -0.05) is 39.0 Å². The Morgan fingerprint density at radius 2 is 1.84 bits per heavy atom. The maximum atomic E-state index is 12.3. The Labute approximate surface area is 144 Å². The lowest BCUT2D eigenvalue weighted by molar-refractivity contribution is -0.174. The standard InChI is InChI=1S/C17H21F3N2O3/c1-16(2,3)12-6-4-5-7-13(12)25-15(24)22-9-8-11(10-22)21-14(23)17(18,19)20/h4-7,11H,8-10H2,1-3H3,(H,21,23). The summed E-state index contributed by atoms with van der Waals surface area (Å²) in [7, 11) is 0. The molecule has 25 heavy (non-hydrogen) atoms. The van der Waals surface area contributed by atoms with Crippen LogP contribution in [-0.4, -0.2) is 42.2 Å². The monoisotopic (exact) mass is 358 g/mol. The third-order valence-corrected chi connectivity index (χ3v) is 3.93. The van der Waals surface area contributed by atoms with Crippen LogP contribution < -0.4 is 10.1 Å². The van der Waals surface area contributed by atoms with Crippen molar-refractivity contribution >= 4 is 12.0 Å². The van der Waals surface area contributed by atoms with Crippen molar-refractivity contribution in [1.29, 1.82) is 0 Å². The fourth-order valence-corrected chi connectivity index (χ4v) is 2.64. The molecule has 1 aliphatic heterocycles. The minimum atomic E-state index is -4.93. The van der Waals surface area contributed by atoms with E-state index in [2.05, 4.69) is 0 Å². The van der Waals surface area contributed by atoms with Crippen LogP contribution in [0.4, 0.5) is 18.0 Å². The molecule has 0 aliphatic carbocycles. The molecule has 1 saturated heterocycles. The molecule has 1 N–H and O–H groups in total. The molecule has 1 fully saturated rings. The topological polar surface area (TPSA) is 58.6 Å².